The van der Waals surface area contributed by atoms with E-state index in [2.05, 4.69) is 5.32 Å². The Bertz CT molecular complexity index is 1750. The van der Waals surface area contributed by atoms with Crippen molar-refractivity contribution in [3.8, 4) is 0 Å². The van der Waals surface area contributed by atoms with Crippen molar-refractivity contribution in [2.75, 3.05) is 10.8 Å². The molecule has 10 heteroatoms. The minimum absolute atomic E-state index is 0.0123. The molecule has 46 heavy (non-hydrogen) atoms. The Morgan fingerprint density at radius 2 is 1.46 bits per heavy atom. The molecule has 4 aromatic rings. The Morgan fingerprint density at radius 1 is 0.826 bits per heavy atom. The predicted molar refractivity (Wildman–Crippen MR) is 183 cm³/mol. The molecule has 4 aromatic carbocycles. The molecule has 2 amide bonds. The zero-order valence-electron chi connectivity index (χ0n) is 25.6. The van der Waals surface area contributed by atoms with Gasteiger partial charge in [0, 0.05) is 19.0 Å². The molecule has 0 aliphatic heterocycles. The van der Waals surface area contributed by atoms with Crippen LogP contribution >= 0.6 is 23.2 Å². The number of sulfonamides is 1. The fourth-order valence-corrected chi connectivity index (χ4v) is 7.47. The van der Waals surface area contributed by atoms with Crippen molar-refractivity contribution in [1.82, 2.24) is 10.2 Å². The normalized spacial score (nSPS) is 14.1. The number of hydrogen-bond acceptors (Lipinski definition) is 4. The Morgan fingerprint density at radius 3 is 2.09 bits per heavy atom. The van der Waals surface area contributed by atoms with Crippen LogP contribution in [-0.4, -0.2) is 43.8 Å². The molecule has 0 saturated heterocycles. The standard InChI is InChI=1S/C36H37Cl2N3O4S/c1-26-16-19-30(20-17-26)41(46(44,45)31-14-6-3-7-15-31)25-35(42)40(24-28-18-21-32(37)33(38)22-28)34(23-27-10-4-2-5-11-27)36(43)39-29-12-8-9-13-29/h2-7,10-11,14-22,29,34H,8-9,12-13,23-25H2,1H3,(H,39,43)/t34-/m1/s1. The molecular weight excluding hydrogens is 641 g/mol. The lowest BCUT2D eigenvalue weighted by Gasteiger charge is -2.34. The van der Waals surface area contributed by atoms with Crippen molar-refractivity contribution in [2.24, 2.45) is 0 Å². The van der Waals surface area contributed by atoms with Crippen molar-refractivity contribution in [2.45, 2.75) is 62.6 Å². The molecule has 0 bridgehead atoms. The van der Waals surface area contributed by atoms with Crippen molar-refractivity contribution >= 4 is 50.7 Å². The maximum Gasteiger partial charge on any atom is 0.264 e. The number of rotatable bonds is 12. The highest BCUT2D eigenvalue weighted by molar-refractivity contribution is 7.92. The highest BCUT2D eigenvalue weighted by Crippen LogP contribution is 2.27. The minimum atomic E-state index is -4.16. The summed E-state index contributed by atoms with van der Waals surface area (Å²) in [5, 5.41) is 3.85. The van der Waals surface area contributed by atoms with Crippen molar-refractivity contribution < 1.29 is 18.0 Å². The zero-order valence-corrected chi connectivity index (χ0v) is 27.9. The van der Waals surface area contributed by atoms with Gasteiger partial charge in [-0.05, 0) is 67.3 Å². The van der Waals surface area contributed by atoms with Gasteiger partial charge in [-0.3, -0.25) is 13.9 Å². The molecule has 1 N–H and O–H groups in total. The molecule has 0 radical (unpaired) electrons. The lowest BCUT2D eigenvalue weighted by atomic mass is 10.0. The van der Waals surface area contributed by atoms with Crippen molar-refractivity contribution in [3.63, 3.8) is 0 Å². The number of carbonyl (C=O) groups excluding carboxylic acids is 2. The number of hydrogen-bond donors (Lipinski definition) is 1. The third-order valence-electron chi connectivity index (χ3n) is 8.24. The first kappa shape index (κ1) is 33.5. The van der Waals surface area contributed by atoms with Crippen LogP contribution in [0.1, 0.15) is 42.4 Å². The molecule has 7 nitrogen and oxygen atoms in total. The number of anilines is 1. The molecule has 1 fully saturated rings. The van der Waals surface area contributed by atoms with E-state index in [0.717, 1.165) is 41.1 Å². The van der Waals surface area contributed by atoms with E-state index < -0.39 is 28.5 Å². The molecule has 0 heterocycles. The summed E-state index contributed by atoms with van der Waals surface area (Å²) >= 11 is 12.6. The minimum Gasteiger partial charge on any atom is -0.352 e. The van der Waals surface area contributed by atoms with Crippen LogP contribution in [0.15, 0.2) is 108 Å². The quantitative estimate of drug-likeness (QED) is 0.172. The fourth-order valence-electron chi connectivity index (χ4n) is 5.72. The number of carbonyl (C=O) groups is 2. The monoisotopic (exact) mass is 677 g/mol. The molecule has 5 rings (SSSR count). The molecule has 0 aromatic heterocycles. The maximum absolute atomic E-state index is 14.6. The third-order valence-corrected chi connectivity index (χ3v) is 10.8. The van der Waals surface area contributed by atoms with Crippen LogP contribution in [0, 0.1) is 6.92 Å². The van der Waals surface area contributed by atoms with Gasteiger partial charge in [-0.15, -0.1) is 0 Å². The van der Waals surface area contributed by atoms with E-state index in [1.54, 1.807) is 60.7 Å². The number of nitrogens with zero attached hydrogens (tertiary/aromatic N) is 2. The van der Waals surface area contributed by atoms with E-state index in [1.165, 1.54) is 17.0 Å². The lowest BCUT2D eigenvalue weighted by molar-refractivity contribution is -0.140. The van der Waals surface area contributed by atoms with Gasteiger partial charge in [0.1, 0.15) is 12.6 Å². The van der Waals surface area contributed by atoms with Crippen LogP contribution in [0.3, 0.4) is 0 Å². The van der Waals surface area contributed by atoms with Gasteiger partial charge in [0.15, 0.2) is 0 Å². The number of aryl methyl sites for hydroxylation is 1. The Balaban J connectivity index is 1.57. The van der Waals surface area contributed by atoms with Gasteiger partial charge in [-0.25, -0.2) is 8.42 Å². The summed E-state index contributed by atoms with van der Waals surface area (Å²) in [6.07, 6.45) is 4.05. The van der Waals surface area contributed by atoms with E-state index >= 15 is 0 Å². The first-order valence-corrected chi connectivity index (χ1v) is 17.5. The molecular formula is C36H37Cl2N3O4S. The summed E-state index contributed by atoms with van der Waals surface area (Å²) in [6, 6.07) is 28.6. The summed E-state index contributed by atoms with van der Waals surface area (Å²) < 4.78 is 29.3. The van der Waals surface area contributed by atoms with Crippen LogP contribution in [0.25, 0.3) is 0 Å². The molecule has 0 unspecified atom stereocenters. The molecule has 1 saturated carbocycles. The zero-order chi connectivity index (χ0) is 32.7. The van der Waals surface area contributed by atoms with Gasteiger partial charge >= 0.3 is 0 Å². The summed E-state index contributed by atoms with van der Waals surface area (Å²) in [7, 11) is -4.16. The van der Waals surface area contributed by atoms with E-state index in [1.807, 2.05) is 37.3 Å². The van der Waals surface area contributed by atoms with Crippen LogP contribution in [0.5, 0.6) is 0 Å². The average Bonchev–Trinajstić information content (AvgIpc) is 3.57. The molecule has 1 atom stereocenters. The van der Waals surface area contributed by atoms with Crippen LogP contribution in [-0.2, 0) is 32.6 Å². The fraction of sp³-hybridized carbons (Fsp3) is 0.278. The number of benzene rings is 4. The van der Waals surface area contributed by atoms with E-state index in [4.69, 9.17) is 23.2 Å². The third kappa shape index (κ3) is 8.29. The lowest BCUT2D eigenvalue weighted by Crippen LogP contribution is -2.54. The number of nitrogens with one attached hydrogen (secondary N) is 1. The Kier molecular flexibility index (Phi) is 11.0. The largest absolute Gasteiger partial charge is 0.352 e. The SMILES string of the molecule is Cc1ccc(N(CC(=O)N(Cc2ccc(Cl)c(Cl)c2)[C@H](Cc2ccccc2)C(=O)NC2CCCC2)S(=O)(=O)c2ccccc2)cc1. The summed E-state index contributed by atoms with van der Waals surface area (Å²) in [6.45, 7) is 1.39. The van der Waals surface area contributed by atoms with Crippen molar-refractivity contribution in [3.05, 3.63) is 130 Å². The second kappa shape index (κ2) is 15.2. The smallest absolute Gasteiger partial charge is 0.264 e. The van der Waals surface area contributed by atoms with E-state index in [9.17, 15) is 18.0 Å². The molecule has 1 aliphatic rings. The topological polar surface area (TPSA) is 86.8 Å². The van der Waals surface area contributed by atoms with Gasteiger partial charge in [-0.1, -0.05) is 108 Å². The van der Waals surface area contributed by atoms with Crippen molar-refractivity contribution in [1.29, 1.82) is 0 Å². The summed E-state index contributed by atoms with van der Waals surface area (Å²) in [4.78, 5) is 30.2. The van der Waals surface area contributed by atoms with E-state index in [0.29, 0.717) is 21.3 Å². The molecule has 0 spiro atoms. The van der Waals surface area contributed by atoms with Gasteiger partial charge in [0.05, 0.1) is 20.6 Å². The first-order valence-electron chi connectivity index (χ1n) is 15.3. The van der Waals surface area contributed by atoms with Gasteiger partial charge in [-0.2, -0.15) is 0 Å². The number of amides is 2. The average molecular weight is 679 g/mol. The van der Waals surface area contributed by atoms with Gasteiger partial charge in [0.25, 0.3) is 10.0 Å². The van der Waals surface area contributed by atoms with Crippen LogP contribution in [0.4, 0.5) is 5.69 Å². The molecule has 1 aliphatic carbocycles. The van der Waals surface area contributed by atoms with Gasteiger partial charge < -0.3 is 10.2 Å². The van der Waals surface area contributed by atoms with Crippen LogP contribution in [0.2, 0.25) is 10.0 Å². The second-order valence-corrected chi connectivity index (χ2v) is 14.3. The van der Waals surface area contributed by atoms with E-state index in [-0.39, 0.29) is 29.8 Å². The Labute approximate surface area is 281 Å². The van der Waals surface area contributed by atoms with Crippen LogP contribution < -0.4 is 9.62 Å². The summed E-state index contributed by atoms with van der Waals surface area (Å²) in [5.41, 5.74) is 2.81. The summed E-state index contributed by atoms with van der Waals surface area (Å²) in [5.74, 6) is -0.814. The molecule has 240 valence electrons. The first-order chi connectivity index (χ1) is 22.1. The number of halogens is 2. The second-order valence-electron chi connectivity index (χ2n) is 11.6. The highest BCUT2D eigenvalue weighted by Gasteiger charge is 2.35. The Hall–Kier alpha value is -3.85. The highest BCUT2D eigenvalue weighted by atomic mass is 35.5. The predicted octanol–water partition coefficient (Wildman–Crippen LogP) is 7.20. The maximum atomic E-state index is 14.6. The van der Waals surface area contributed by atoms with Gasteiger partial charge in [0.2, 0.25) is 11.8 Å².